The standard InChI is InChI=1S/C14H10N4/c15-10-12-9-11-5-1-2-6-13(11)16-14(12)17-18-7-3-4-8-18/h1-9H,(H,16,17). The minimum absolute atomic E-state index is 0.530. The molecule has 0 atom stereocenters. The number of pyridine rings is 1. The SMILES string of the molecule is N#Cc1cc2ccccc2nc1Nn1cccc1. The highest BCUT2D eigenvalue weighted by Crippen LogP contribution is 2.19. The third-order valence-corrected chi connectivity index (χ3v) is 2.68. The van der Waals surface area contributed by atoms with E-state index in [-0.39, 0.29) is 0 Å². The summed E-state index contributed by atoms with van der Waals surface area (Å²) in [5, 5.41) is 10.1. The van der Waals surface area contributed by atoms with Crippen LogP contribution in [-0.4, -0.2) is 9.66 Å². The third kappa shape index (κ3) is 1.78. The Balaban J connectivity index is 2.12. The van der Waals surface area contributed by atoms with E-state index in [1.165, 1.54) is 0 Å². The summed E-state index contributed by atoms with van der Waals surface area (Å²) in [6, 6.07) is 15.6. The quantitative estimate of drug-likeness (QED) is 0.741. The molecular formula is C14H10N4. The fourth-order valence-electron chi connectivity index (χ4n) is 1.82. The summed E-state index contributed by atoms with van der Waals surface area (Å²) in [5.74, 6) is 0.562. The van der Waals surface area contributed by atoms with Crippen molar-refractivity contribution in [3.8, 4) is 6.07 Å². The van der Waals surface area contributed by atoms with Crippen molar-refractivity contribution in [1.29, 1.82) is 5.26 Å². The van der Waals surface area contributed by atoms with Gasteiger partial charge in [-0.15, -0.1) is 0 Å². The van der Waals surface area contributed by atoms with E-state index in [1.807, 2.05) is 54.9 Å². The number of fused-ring (bicyclic) bond motifs is 1. The largest absolute Gasteiger partial charge is 0.277 e. The molecule has 3 rings (SSSR count). The van der Waals surface area contributed by atoms with E-state index in [1.54, 1.807) is 4.68 Å². The summed E-state index contributed by atoms with van der Waals surface area (Å²) in [4.78, 5) is 4.47. The van der Waals surface area contributed by atoms with E-state index in [2.05, 4.69) is 16.5 Å². The summed E-state index contributed by atoms with van der Waals surface area (Å²) < 4.78 is 1.76. The van der Waals surface area contributed by atoms with Crippen LogP contribution in [0.5, 0.6) is 0 Å². The molecule has 2 heterocycles. The lowest BCUT2D eigenvalue weighted by atomic mass is 10.1. The highest BCUT2D eigenvalue weighted by Gasteiger charge is 2.06. The Morgan fingerprint density at radius 1 is 1.11 bits per heavy atom. The van der Waals surface area contributed by atoms with E-state index in [4.69, 9.17) is 5.26 Å². The number of benzene rings is 1. The topological polar surface area (TPSA) is 53.6 Å². The van der Waals surface area contributed by atoms with Gasteiger partial charge in [0.1, 0.15) is 6.07 Å². The van der Waals surface area contributed by atoms with Crippen molar-refractivity contribution in [3.63, 3.8) is 0 Å². The van der Waals surface area contributed by atoms with E-state index >= 15 is 0 Å². The Morgan fingerprint density at radius 2 is 1.89 bits per heavy atom. The van der Waals surface area contributed by atoms with Gasteiger partial charge in [-0.3, -0.25) is 10.1 Å². The van der Waals surface area contributed by atoms with Gasteiger partial charge in [-0.05, 0) is 24.3 Å². The summed E-state index contributed by atoms with van der Waals surface area (Å²) in [7, 11) is 0. The van der Waals surface area contributed by atoms with Gasteiger partial charge in [0, 0.05) is 17.8 Å². The maximum absolute atomic E-state index is 9.17. The van der Waals surface area contributed by atoms with Crippen molar-refractivity contribution < 1.29 is 0 Å². The van der Waals surface area contributed by atoms with E-state index < -0.39 is 0 Å². The lowest BCUT2D eigenvalue weighted by molar-refractivity contribution is 0.955. The summed E-state index contributed by atoms with van der Waals surface area (Å²) in [6.45, 7) is 0. The minimum Gasteiger partial charge on any atom is -0.277 e. The molecule has 0 fully saturated rings. The first-order valence-corrected chi connectivity index (χ1v) is 5.57. The van der Waals surface area contributed by atoms with Crippen molar-refractivity contribution in [2.24, 2.45) is 0 Å². The third-order valence-electron chi connectivity index (χ3n) is 2.68. The summed E-state index contributed by atoms with van der Waals surface area (Å²) in [5.41, 5.74) is 4.48. The molecule has 0 aliphatic rings. The van der Waals surface area contributed by atoms with Gasteiger partial charge in [0.05, 0.1) is 11.1 Å². The van der Waals surface area contributed by atoms with E-state index in [0.717, 1.165) is 10.9 Å². The fraction of sp³-hybridized carbons (Fsp3) is 0. The normalized spacial score (nSPS) is 10.2. The lowest BCUT2D eigenvalue weighted by Crippen LogP contribution is -2.09. The zero-order valence-corrected chi connectivity index (χ0v) is 9.54. The molecule has 86 valence electrons. The first-order chi connectivity index (χ1) is 8.86. The van der Waals surface area contributed by atoms with Gasteiger partial charge in [-0.2, -0.15) is 5.26 Å². The predicted molar refractivity (Wildman–Crippen MR) is 69.9 cm³/mol. The molecule has 3 aromatic rings. The molecule has 0 unspecified atom stereocenters. The van der Waals surface area contributed by atoms with Crippen molar-refractivity contribution in [1.82, 2.24) is 9.66 Å². The molecule has 2 aromatic heterocycles. The van der Waals surface area contributed by atoms with Crippen LogP contribution in [0.4, 0.5) is 5.82 Å². The first-order valence-electron chi connectivity index (χ1n) is 5.57. The Morgan fingerprint density at radius 3 is 2.67 bits per heavy atom. The van der Waals surface area contributed by atoms with Gasteiger partial charge in [0.2, 0.25) is 0 Å². The number of hydrogen-bond donors (Lipinski definition) is 1. The number of hydrogen-bond acceptors (Lipinski definition) is 3. The molecule has 0 spiro atoms. The maximum atomic E-state index is 9.17. The summed E-state index contributed by atoms with van der Waals surface area (Å²) in [6.07, 6.45) is 3.72. The van der Waals surface area contributed by atoms with Crippen LogP contribution in [0, 0.1) is 11.3 Å². The average Bonchev–Trinajstić information content (AvgIpc) is 2.91. The molecule has 0 amide bonds. The second-order valence-electron chi connectivity index (χ2n) is 3.89. The second-order valence-corrected chi connectivity index (χ2v) is 3.89. The molecule has 1 N–H and O–H groups in total. The van der Waals surface area contributed by atoms with Crippen LogP contribution in [0.15, 0.2) is 54.9 Å². The van der Waals surface area contributed by atoms with Gasteiger partial charge in [-0.25, -0.2) is 4.98 Å². The molecule has 0 aliphatic heterocycles. The number of nitrogens with one attached hydrogen (secondary N) is 1. The van der Waals surface area contributed by atoms with Crippen molar-refractivity contribution in [3.05, 3.63) is 60.4 Å². The summed E-state index contributed by atoms with van der Waals surface area (Å²) >= 11 is 0. The second kappa shape index (κ2) is 4.22. The number of aromatic nitrogens is 2. The van der Waals surface area contributed by atoms with Gasteiger partial charge >= 0.3 is 0 Å². The van der Waals surface area contributed by atoms with Crippen LogP contribution in [0.3, 0.4) is 0 Å². The molecule has 0 bridgehead atoms. The molecule has 0 saturated carbocycles. The zero-order chi connectivity index (χ0) is 12.4. The molecule has 0 radical (unpaired) electrons. The minimum atomic E-state index is 0.530. The number of nitriles is 1. The van der Waals surface area contributed by atoms with Crippen LogP contribution in [0.1, 0.15) is 5.56 Å². The van der Waals surface area contributed by atoms with E-state index in [0.29, 0.717) is 11.4 Å². The Labute approximate surface area is 104 Å². The Bertz CT molecular complexity index is 723. The van der Waals surface area contributed by atoms with Crippen LogP contribution < -0.4 is 5.43 Å². The van der Waals surface area contributed by atoms with Gasteiger partial charge < -0.3 is 0 Å². The zero-order valence-electron chi connectivity index (χ0n) is 9.54. The predicted octanol–water partition coefficient (Wildman–Crippen LogP) is 2.78. The molecule has 18 heavy (non-hydrogen) atoms. The number of para-hydroxylation sites is 1. The van der Waals surface area contributed by atoms with Crippen molar-refractivity contribution >= 4 is 16.7 Å². The van der Waals surface area contributed by atoms with Crippen LogP contribution in [-0.2, 0) is 0 Å². The monoisotopic (exact) mass is 234 g/mol. The van der Waals surface area contributed by atoms with Crippen molar-refractivity contribution in [2.45, 2.75) is 0 Å². The maximum Gasteiger partial charge on any atom is 0.163 e. The highest BCUT2D eigenvalue weighted by atomic mass is 15.4. The molecule has 0 aliphatic carbocycles. The van der Waals surface area contributed by atoms with Gasteiger partial charge in [-0.1, -0.05) is 18.2 Å². The lowest BCUT2D eigenvalue weighted by Gasteiger charge is -2.09. The molecule has 0 saturated heterocycles. The average molecular weight is 234 g/mol. The highest BCUT2D eigenvalue weighted by molar-refractivity contribution is 5.82. The molecular weight excluding hydrogens is 224 g/mol. The molecule has 4 heteroatoms. The number of nitrogens with zero attached hydrogens (tertiary/aromatic N) is 3. The number of rotatable bonds is 2. The first kappa shape index (κ1) is 10.4. The smallest absolute Gasteiger partial charge is 0.163 e. The van der Waals surface area contributed by atoms with Crippen LogP contribution in [0.25, 0.3) is 10.9 Å². The van der Waals surface area contributed by atoms with Crippen molar-refractivity contribution in [2.75, 3.05) is 5.43 Å². The van der Waals surface area contributed by atoms with Gasteiger partial charge in [0.25, 0.3) is 0 Å². The fourth-order valence-corrected chi connectivity index (χ4v) is 1.82. The Hall–Kier alpha value is -2.80. The Kier molecular flexibility index (Phi) is 2.43. The molecule has 1 aromatic carbocycles. The number of anilines is 1. The van der Waals surface area contributed by atoms with Gasteiger partial charge in [0.15, 0.2) is 5.82 Å². The molecule has 4 nitrogen and oxygen atoms in total. The van der Waals surface area contributed by atoms with Crippen LogP contribution >= 0.6 is 0 Å². The van der Waals surface area contributed by atoms with E-state index in [9.17, 15) is 0 Å². The van der Waals surface area contributed by atoms with Crippen LogP contribution in [0.2, 0.25) is 0 Å².